The molecule has 0 aliphatic carbocycles. The summed E-state index contributed by atoms with van der Waals surface area (Å²) >= 11 is 0. The van der Waals surface area contributed by atoms with E-state index >= 15 is 0 Å². The van der Waals surface area contributed by atoms with E-state index in [-0.39, 0.29) is 0 Å². The molecule has 0 saturated carbocycles. The van der Waals surface area contributed by atoms with E-state index in [2.05, 4.69) is 52.7 Å². The van der Waals surface area contributed by atoms with Crippen molar-refractivity contribution in [2.24, 2.45) is 0 Å². The lowest BCUT2D eigenvalue weighted by molar-refractivity contribution is 0.705. The van der Waals surface area contributed by atoms with Crippen LogP contribution in [0.5, 0.6) is 0 Å². The lowest BCUT2D eigenvalue weighted by atomic mass is 9.98. The Hall–Kier alpha value is -2.36. The smallest absolute Gasteiger partial charge is 0.152 e. The van der Waals surface area contributed by atoms with E-state index in [0.717, 1.165) is 24.3 Å². The highest BCUT2D eigenvalue weighted by atomic mass is 15.2. The maximum absolute atomic E-state index is 4.38. The molecular weight excluding hydrogens is 248 g/mol. The molecule has 0 fully saturated rings. The highest BCUT2D eigenvalue weighted by Gasteiger charge is 2.06. The Labute approximate surface area is 118 Å². The Morgan fingerprint density at radius 3 is 2.85 bits per heavy atom. The quantitative estimate of drug-likeness (QED) is 0.770. The van der Waals surface area contributed by atoms with Crippen LogP contribution in [0.4, 0.5) is 5.82 Å². The third-order valence-corrected chi connectivity index (χ3v) is 3.56. The first-order valence-electron chi connectivity index (χ1n) is 6.92. The number of rotatable bonds is 5. The van der Waals surface area contributed by atoms with Gasteiger partial charge >= 0.3 is 0 Å². The topological polar surface area (TPSA) is 42.2 Å². The molecule has 0 aliphatic heterocycles. The standard InChI is InChI=1S/C16H18N4/c1-13(14-5-3-2-4-6-14)7-9-17-16-15-8-10-19-20(15)12-11-18-16/h2-6,8,10-13H,7,9H2,1H3,(H,17,18). The molecule has 1 atom stereocenters. The molecule has 1 N–H and O–H groups in total. The normalized spacial score (nSPS) is 12.4. The van der Waals surface area contributed by atoms with Gasteiger partial charge in [0.2, 0.25) is 0 Å². The fourth-order valence-electron chi connectivity index (χ4n) is 2.35. The Morgan fingerprint density at radius 2 is 2.00 bits per heavy atom. The van der Waals surface area contributed by atoms with Crippen molar-refractivity contribution in [3.63, 3.8) is 0 Å². The van der Waals surface area contributed by atoms with Crippen LogP contribution < -0.4 is 5.32 Å². The van der Waals surface area contributed by atoms with Gasteiger partial charge in [-0.3, -0.25) is 0 Å². The highest BCUT2D eigenvalue weighted by Crippen LogP contribution is 2.19. The molecule has 0 saturated heterocycles. The fraction of sp³-hybridized carbons (Fsp3) is 0.250. The van der Waals surface area contributed by atoms with Crippen molar-refractivity contribution in [2.45, 2.75) is 19.3 Å². The summed E-state index contributed by atoms with van der Waals surface area (Å²) in [5, 5.41) is 7.61. The summed E-state index contributed by atoms with van der Waals surface area (Å²) in [7, 11) is 0. The van der Waals surface area contributed by atoms with Crippen LogP contribution in [0, 0.1) is 0 Å². The third-order valence-electron chi connectivity index (χ3n) is 3.56. The minimum atomic E-state index is 0.536. The van der Waals surface area contributed by atoms with Crippen molar-refractivity contribution in [2.75, 3.05) is 11.9 Å². The molecule has 2 heterocycles. The van der Waals surface area contributed by atoms with Crippen LogP contribution in [-0.2, 0) is 0 Å². The zero-order valence-electron chi connectivity index (χ0n) is 11.5. The van der Waals surface area contributed by atoms with Gasteiger partial charge in [0.05, 0.1) is 6.20 Å². The molecule has 1 aromatic carbocycles. The second-order valence-corrected chi connectivity index (χ2v) is 4.96. The van der Waals surface area contributed by atoms with E-state index < -0.39 is 0 Å². The summed E-state index contributed by atoms with van der Waals surface area (Å²) < 4.78 is 1.83. The number of benzene rings is 1. The Morgan fingerprint density at radius 1 is 1.15 bits per heavy atom. The third kappa shape index (κ3) is 2.64. The molecule has 102 valence electrons. The van der Waals surface area contributed by atoms with Gasteiger partial charge in [0.25, 0.3) is 0 Å². The summed E-state index contributed by atoms with van der Waals surface area (Å²) in [5.41, 5.74) is 2.39. The monoisotopic (exact) mass is 266 g/mol. The molecule has 0 bridgehead atoms. The maximum atomic E-state index is 4.38. The van der Waals surface area contributed by atoms with Crippen molar-refractivity contribution in [3.8, 4) is 0 Å². The first-order chi connectivity index (χ1) is 9.84. The van der Waals surface area contributed by atoms with Crippen LogP contribution in [0.2, 0.25) is 0 Å². The number of hydrogen-bond donors (Lipinski definition) is 1. The van der Waals surface area contributed by atoms with Gasteiger partial charge in [-0.25, -0.2) is 9.50 Å². The zero-order valence-corrected chi connectivity index (χ0v) is 11.5. The van der Waals surface area contributed by atoms with E-state index in [4.69, 9.17) is 0 Å². The van der Waals surface area contributed by atoms with Crippen molar-refractivity contribution in [3.05, 3.63) is 60.6 Å². The Bertz CT molecular complexity index is 675. The molecule has 0 amide bonds. The SMILES string of the molecule is CC(CCNc1nccn2nccc12)c1ccccc1. The van der Waals surface area contributed by atoms with Crippen molar-refractivity contribution >= 4 is 11.3 Å². The number of nitrogens with zero attached hydrogens (tertiary/aromatic N) is 3. The van der Waals surface area contributed by atoms with Gasteiger partial charge in [-0.2, -0.15) is 5.10 Å². The maximum Gasteiger partial charge on any atom is 0.152 e. The molecule has 1 unspecified atom stereocenters. The largest absolute Gasteiger partial charge is 0.368 e. The molecule has 0 spiro atoms. The lowest BCUT2D eigenvalue weighted by Crippen LogP contribution is -2.08. The van der Waals surface area contributed by atoms with Crippen LogP contribution in [0.3, 0.4) is 0 Å². The van der Waals surface area contributed by atoms with E-state index in [0.29, 0.717) is 5.92 Å². The van der Waals surface area contributed by atoms with Crippen LogP contribution in [0.15, 0.2) is 55.0 Å². The van der Waals surface area contributed by atoms with Gasteiger partial charge in [-0.15, -0.1) is 0 Å². The minimum Gasteiger partial charge on any atom is -0.368 e. The summed E-state index contributed by atoms with van der Waals surface area (Å²) in [4.78, 5) is 4.38. The molecule has 0 radical (unpaired) electrons. The van der Waals surface area contributed by atoms with Crippen molar-refractivity contribution in [1.82, 2.24) is 14.6 Å². The Kier molecular flexibility index (Phi) is 3.63. The summed E-state index contributed by atoms with van der Waals surface area (Å²) in [6, 6.07) is 12.6. The number of aromatic nitrogens is 3. The van der Waals surface area contributed by atoms with Crippen molar-refractivity contribution < 1.29 is 0 Å². The van der Waals surface area contributed by atoms with Crippen LogP contribution in [0.25, 0.3) is 5.52 Å². The average Bonchev–Trinajstić information content (AvgIpc) is 2.97. The first kappa shape index (κ1) is 12.7. The number of hydrogen-bond acceptors (Lipinski definition) is 3. The second kappa shape index (κ2) is 5.74. The van der Waals surface area contributed by atoms with E-state index in [1.54, 1.807) is 12.4 Å². The Balaban J connectivity index is 1.61. The first-order valence-corrected chi connectivity index (χ1v) is 6.92. The van der Waals surface area contributed by atoms with Gasteiger partial charge in [-0.05, 0) is 24.0 Å². The van der Waals surface area contributed by atoms with E-state index in [1.165, 1.54) is 5.56 Å². The molecule has 3 rings (SSSR count). The predicted molar refractivity (Wildman–Crippen MR) is 81.0 cm³/mol. The predicted octanol–water partition coefficient (Wildman–Crippen LogP) is 3.34. The fourth-order valence-corrected chi connectivity index (χ4v) is 2.35. The van der Waals surface area contributed by atoms with Crippen LogP contribution >= 0.6 is 0 Å². The molecule has 4 nitrogen and oxygen atoms in total. The van der Waals surface area contributed by atoms with Gasteiger partial charge in [0.1, 0.15) is 5.52 Å². The molecule has 2 aromatic heterocycles. The summed E-state index contributed by atoms with van der Waals surface area (Å²) in [5.74, 6) is 1.43. The molecule has 4 heteroatoms. The van der Waals surface area contributed by atoms with Crippen molar-refractivity contribution in [1.29, 1.82) is 0 Å². The molecule has 3 aromatic rings. The average molecular weight is 266 g/mol. The van der Waals surface area contributed by atoms with E-state index in [1.807, 2.05) is 16.8 Å². The van der Waals surface area contributed by atoms with Crippen LogP contribution in [-0.4, -0.2) is 21.1 Å². The number of fused-ring (bicyclic) bond motifs is 1. The molecule has 0 aliphatic rings. The lowest BCUT2D eigenvalue weighted by Gasteiger charge is -2.13. The van der Waals surface area contributed by atoms with Gasteiger partial charge < -0.3 is 5.32 Å². The van der Waals surface area contributed by atoms with Crippen LogP contribution in [0.1, 0.15) is 24.8 Å². The molecule has 20 heavy (non-hydrogen) atoms. The zero-order chi connectivity index (χ0) is 13.8. The summed E-state index contributed by atoms with van der Waals surface area (Å²) in [6.45, 7) is 3.15. The molecular formula is C16H18N4. The minimum absolute atomic E-state index is 0.536. The highest BCUT2D eigenvalue weighted by molar-refractivity contribution is 5.66. The van der Waals surface area contributed by atoms with E-state index in [9.17, 15) is 0 Å². The number of anilines is 1. The van der Waals surface area contributed by atoms with Gasteiger partial charge in [0, 0.05) is 18.9 Å². The number of nitrogens with one attached hydrogen (secondary N) is 1. The van der Waals surface area contributed by atoms with Gasteiger partial charge in [0.15, 0.2) is 5.82 Å². The van der Waals surface area contributed by atoms with Gasteiger partial charge in [-0.1, -0.05) is 37.3 Å². The second-order valence-electron chi connectivity index (χ2n) is 4.96. The summed E-state index contributed by atoms with van der Waals surface area (Å²) in [6.07, 6.45) is 6.48.